The average molecular weight is 273 g/mol. The van der Waals surface area contributed by atoms with Crippen molar-refractivity contribution in [3.8, 4) is 0 Å². The molecular formula is C19H31N. The van der Waals surface area contributed by atoms with Crippen LogP contribution >= 0.6 is 0 Å². The molecule has 0 radical (unpaired) electrons. The molecule has 1 aliphatic heterocycles. The van der Waals surface area contributed by atoms with E-state index in [0.717, 1.165) is 6.04 Å². The first-order chi connectivity index (χ1) is 9.92. The molecule has 112 valence electrons. The van der Waals surface area contributed by atoms with Crippen LogP contribution in [-0.2, 0) is 0 Å². The molecular weight excluding hydrogens is 242 g/mol. The fourth-order valence-electron chi connectivity index (χ4n) is 3.43. The Morgan fingerprint density at radius 1 is 0.950 bits per heavy atom. The van der Waals surface area contributed by atoms with Crippen LogP contribution in [-0.4, -0.2) is 12.6 Å². The maximum atomic E-state index is 2.64. The summed E-state index contributed by atoms with van der Waals surface area (Å²) >= 11 is 0. The number of benzene rings is 1. The van der Waals surface area contributed by atoms with E-state index in [1.165, 1.54) is 76.4 Å². The summed E-state index contributed by atoms with van der Waals surface area (Å²) in [6.45, 7) is 3.55. The first-order valence-corrected chi connectivity index (χ1v) is 8.73. The van der Waals surface area contributed by atoms with Gasteiger partial charge in [-0.05, 0) is 31.4 Å². The number of unbranched alkanes of at least 4 members (excludes halogenated alkanes) is 6. The lowest BCUT2D eigenvalue weighted by atomic mass is 10.0. The summed E-state index contributed by atoms with van der Waals surface area (Å²) in [6.07, 6.45) is 14.1. The Morgan fingerprint density at radius 3 is 2.40 bits per heavy atom. The van der Waals surface area contributed by atoms with Gasteiger partial charge in [-0.3, -0.25) is 0 Å². The molecule has 0 saturated carbocycles. The van der Waals surface area contributed by atoms with Crippen molar-refractivity contribution >= 4 is 5.69 Å². The maximum Gasteiger partial charge on any atom is 0.0368 e. The number of anilines is 1. The van der Waals surface area contributed by atoms with Gasteiger partial charge in [0.2, 0.25) is 0 Å². The number of para-hydroxylation sites is 1. The highest BCUT2D eigenvalue weighted by molar-refractivity contribution is 5.47. The molecule has 1 saturated heterocycles. The van der Waals surface area contributed by atoms with Crippen LogP contribution in [0.5, 0.6) is 0 Å². The van der Waals surface area contributed by atoms with Crippen LogP contribution in [0.3, 0.4) is 0 Å². The minimum atomic E-state index is 0.799. The van der Waals surface area contributed by atoms with E-state index < -0.39 is 0 Å². The van der Waals surface area contributed by atoms with Crippen LogP contribution in [0.1, 0.15) is 71.1 Å². The van der Waals surface area contributed by atoms with Crippen LogP contribution < -0.4 is 4.90 Å². The third kappa shape index (κ3) is 4.85. The van der Waals surface area contributed by atoms with E-state index in [4.69, 9.17) is 0 Å². The van der Waals surface area contributed by atoms with E-state index in [1.807, 2.05) is 0 Å². The number of hydrogen-bond acceptors (Lipinski definition) is 1. The molecule has 1 fully saturated rings. The van der Waals surface area contributed by atoms with Crippen LogP contribution in [0, 0.1) is 0 Å². The minimum Gasteiger partial charge on any atom is -0.369 e. The third-order valence-electron chi connectivity index (χ3n) is 4.61. The molecule has 20 heavy (non-hydrogen) atoms. The Balaban J connectivity index is 1.65. The average Bonchev–Trinajstić information content (AvgIpc) is 2.96. The van der Waals surface area contributed by atoms with E-state index >= 15 is 0 Å². The van der Waals surface area contributed by atoms with E-state index in [2.05, 4.69) is 42.2 Å². The molecule has 1 aliphatic rings. The van der Waals surface area contributed by atoms with Crippen molar-refractivity contribution in [2.45, 2.75) is 77.2 Å². The van der Waals surface area contributed by atoms with Crippen molar-refractivity contribution in [2.75, 3.05) is 11.4 Å². The molecule has 0 amide bonds. The second kappa shape index (κ2) is 9.05. The van der Waals surface area contributed by atoms with Crippen molar-refractivity contribution in [1.82, 2.24) is 0 Å². The predicted molar refractivity (Wildman–Crippen MR) is 89.4 cm³/mol. The SMILES string of the molecule is CCCCCCCCCC1CCCN1c1ccccc1. The van der Waals surface area contributed by atoms with Gasteiger partial charge < -0.3 is 4.90 Å². The molecule has 0 bridgehead atoms. The van der Waals surface area contributed by atoms with Gasteiger partial charge in [-0.1, -0.05) is 70.1 Å². The van der Waals surface area contributed by atoms with Gasteiger partial charge in [-0.15, -0.1) is 0 Å². The fourth-order valence-corrected chi connectivity index (χ4v) is 3.43. The molecule has 1 aromatic rings. The molecule has 1 atom stereocenters. The zero-order chi connectivity index (χ0) is 14.0. The summed E-state index contributed by atoms with van der Waals surface area (Å²) in [7, 11) is 0. The maximum absolute atomic E-state index is 2.64. The fraction of sp³-hybridized carbons (Fsp3) is 0.684. The van der Waals surface area contributed by atoms with Crippen LogP contribution in [0.15, 0.2) is 30.3 Å². The topological polar surface area (TPSA) is 3.24 Å². The molecule has 0 aromatic heterocycles. The Hall–Kier alpha value is -0.980. The van der Waals surface area contributed by atoms with Gasteiger partial charge in [0.1, 0.15) is 0 Å². The van der Waals surface area contributed by atoms with Gasteiger partial charge in [0, 0.05) is 18.3 Å². The zero-order valence-electron chi connectivity index (χ0n) is 13.2. The zero-order valence-corrected chi connectivity index (χ0v) is 13.2. The van der Waals surface area contributed by atoms with Gasteiger partial charge in [0.25, 0.3) is 0 Å². The molecule has 1 heteroatoms. The summed E-state index contributed by atoms with van der Waals surface area (Å²) in [5.74, 6) is 0. The smallest absolute Gasteiger partial charge is 0.0368 e. The molecule has 0 aliphatic carbocycles. The number of rotatable bonds is 9. The van der Waals surface area contributed by atoms with Crippen molar-refractivity contribution < 1.29 is 0 Å². The predicted octanol–water partition coefficient (Wildman–Crippen LogP) is 5.80. The highest BCUT2D eigenvalue weighted by atomic mass is 15.2. The summed E-state index contributed by atoms with van der Waals surface area (Å²) in [5, 5.41) is 0. The van der Waals surface area contributed by atoms with E-state index in [1.54, 1.807) is 0 Å². The lowest BCUT2D eigenvalue weighted by molar-refractivity contribution is 0.528. The van der Waals surface area contributed by atoms with Crippen molar-refractivity contribution in [3.63, 3.8) is 0 Å². The molecule has 0 N–H and O–H groups in total. The third-order valence-corrected chi connectivity index (χ3v) is 4.61. The first-order valence-electron chi connectivity index (χ1n) is 8.73. The van der Waals surface area contributed by atoms with Crippen LogP contribution in [0.2, 0.25) is 0 Å². The molecule has 1 aromatic carbocycles. The monoisotopic (exact) mass is 273 g/mol. The van der Waals surface area contributed by atoms with E-state index in [9.17, 15) is 0 Å². The lowest BCUT2D eigenvalue weighted by Gasteiger charge is -2.27. The van der Waals surface area contributed by atoms with Gasteiger partial charge in [0.15, 0.2) is 0 Å². The summed E-state index contributed by atoms with van der Waals surface area (Å²) in [5.41, 5.74) is 1.43. The Morgan fingerprint density at radius 2 is 1.65 bits per heavy atom. The minimum absolute atomic E-state index is 0.799. The molecule has 0 spiro atoms. The van der Waals surface area contributed by atoms with Crippen LogP contribution in [0.4, 0.5) is 5.69 Å². The first kappa shape index (κ1) is 15.4. The van der Waals surface area contributed by atoms with Crippen molar-refractivity contribution in [2.24, 2.45) is 0 Å². The Kier molecular flexibility index (Phi) is 6.97. The van der Waals surface area contributed by atoms with Gasteiger partial charge in [-0.2, -0.15) is 0 Å². The highest BCUT2D eigenvalue weighted by Gasteiger charge is 2.23. The van der Waals surface area contributed by atoms with Crippen LogP contribution in [0.25, 0.3) is 0 Å². The molecule has 1 nitrogen and oxygen atoms in total. The van der Waals surface area contributed by atoms with Crippen molar-refractivity contribution in [1.29, 1.82) is 0 Å². The lowest BCUT2D eigenvalue weighted by Crippen LogP contribution is -2.28. The quantitative estimate of drug-likeness (QED) is 0.514. The summed E-state index contributed by atoms with van der Waals surface area (Å²) in [6, 6.07) is 11.8. The molecule has 2 rings (SSSR count). The van der Waals surface area contributed by atoms with Gasteiger partial charge >= 0.3 is 0 Å². The summed E-state index contributed by atoms with van der Waals surface area (Å²) in [4.78, 5) is 2.64. The summed E-state index contributed by atoms with van der Waals surface area (Å²) < 4.78 is 0. The van der Waals surface area contributed by atoms with Gasteiger partial charge in [0.05, 0.1) is 0 Å². The second-order valence-electron chi connectivity index (χ2n) is 6.23. The number of nitrogens with zero attached hydrogens (tertiary/aromatic N) is 1. The second-order valence-corrected chi connectivity index (χ2v) is 6.23. The van der Waals surface area contributed by atoms with E-state index in [0.29, 0.717) is 0 Å². The normalized spacial score (nSPS) is 18.6. The van der Waals surface area contributed by atoms with Gasteiger partial charge in [-0.25, -0.2) is 0 Å². The van der Waals surface area contributed by atoms with Crippen molar-refractivity contribution in [3.05, 3.63) is 30.3 Å². The van der Waals surface area contributed by atoms with E-state index in [-0.39, 0.29) is 0 Å². The Bertz CT molecular complexity index is 346. The Labute approximate surface area is 125 Å². The largest absolute Gasteiger partial charge is 0.369 e. The standard InChI is InChI=1S/C19H31N/c1-2-3-4-5-6-7-9-13-19-16-12-17-20(19)18-14-10-8-11-15-18/h8,10-11,14-15,19H,2-7,9,12-13,16-17H2,1H3. The molecule has 1 unspecified atom stereocenters. The highest BCUT2D eigenvalue weighted by Crippen LogP contribution is 2.28. The number of hydrogen-bond donors (Lipinski definition) is 0. The molecule has 1 heterocycles.